The monoisotopic (exact) mass is 349 g/mol. The van der Waals surface area contributed by atoms with Gasteiger partial charge in [-0.3, -0.25) is 14.2 Å². The number of nitrogens with zero attached hydrogens (tertiary/aromatic N) is 4. The van der Waals surface area contributed by atoms with E-state index in [0.29, 0.717) is 24.1 Å². The van der Waals surface area contributed by atoms with Gasteiger partial charge < -0.3 is 10.4 Å². The quantitative estimate of drug-likeness (QED) is 0.850. The van der Waals surface area contributed by atoms with Crippen molar-refractivity contribution < 1.29 is 9.90 Å². The maximum absolute atomic E-state index is 12.6. The second kappa shape index (κ2) is 6.98. The third-order valence-corrected chi connectivity index (χ3v) is 5.29. The second-order valence-corrected chi connectivity index (χ2v) is 7.39. The van der Waals surface area contributed by atoms with Gasteiger partial charge in [0, 0.05) is 38.1 Å². The predicted molar refractivity (Wildman–Crippen MR) is 93.9 cm³/mol. The number of hydrogen-bond acceptors (Lipinski definition) is 5. The highest BCUT2D eigenvalue weighted by molar-refractivity contribution is 7.99. The molecule has 0 bridgehead atoms. The van der Waals surface area contributed by atoms with Gasteiger partial charge in [0.2, 0.25) is 0 Å². The smallest absolute Gasteiger partial charge is 0.255 e. The van der Waals surface area contributed by atoms with Gasteiger partial charge in [-0.15, -0.1) is 0 Å². The first-order valence-electron chi connectivity index (χ1n) is 8.15. The molecule has 0 radical (unpaired) electrons. The van der Waals surface area contributed by atoms with E-state index in [0.717, 1.165) is 23.6 Å². The van der Waals surface area contributed by atoms with E-state index < -0.39 is 5.60 Å². The SMILES string of the molecule is CCn1cc(-c2nn(C)cc2C(=O)NCC2(O)CCSCC2)cn1. The molecule has 0 aromatic carbocycles. The molecule has 7 nitrogen and oxygen atoms in total. The van der Waals surface area contributed by atoms with E-state index in [1.807, 2.05) is 24.9 Å². The van der Waals surface area contributed by atoms with Crippen molar-refractivity contribution in [2.45, 2.75) is 31.9 Å². The summed E-state index contributed by atoms with van der Waals surface area (Å²) in [6.07, 6.45) is 6.72. The Hall–Kier alpha value is -1.80. The number of carbonyl (C=O) groups is 1. The molecule has 1 aliphatic rings. The Bertz CT molecular complexity index is 718. The maximum Gasteiger partial charge on any atom is 0.255 e. The van der Waals surface area contributed by atoms with Crippen molar-refractivity contribution in [3.63, 3.8) is 0 Å². The third-order valence-electron chi connectivity index (χ3n) is 4.31. The largest absolute Gasteiger partial charge is 0.388 e. The molecule has 1 fully saturated rings. The number of aliphatic hydroxyl groups is 1. The van der Waals surface area contributed by atoms with Crippen LogP contribution in [-0.2, 0) is 13.6 Å². The first-order valence-corrected chi connectivity index (χ1v) is 9.31. The van der Waals surface area contributed by atoms with Crippen LogP contribution < -0.4 is 5.32 Å². The maximum atomic E-state index is 12.6. The Morgan fingerprint density at radius 2 is 2.17 bits per heavy atom. The fraction of sp³-hybridized carbons (Fsp3) is 0.562. The number of carbonyl (C=O) groups excluding carboxylic acids is 1. The highest BCUT2D eigenvalue weighted by atomic mass is 32.2. The molecule has 1 aliphatic heterocycles. The van der Waals surface area contributed by atoms with Gasteiger partial charge in [-0.2, -0.15) is 22.0 Å². The van der Waals surface area contributed by atoms with Gasteiger partial charge in [0.1, 0.15) is 5.69 Å². The summed E-state index contributed by atoms with van der Waals surface area (Å²) in [5.41, 5.74) is 1.13. The predicted octanol–water partition coefficient (Wildman–Crippen LogP) is 1.29. The van der Waals surface area contributed by atoms with E-state index in [4.69, 9.17) is 0 Å². The summed E-state index contributed by atoms with van der Waals surface area (Å²) >= 11 is 1.84. The van der Waals surface area contributed by atoms with Gasteiger partial charge in [-0.1, -0.05) is 0 Å². The van der Waals surface area contributed by atoms with Crippen LogP contribution in [0.3, 0.4) is 0 Å². The lowest BCUT2D eigenvalue weighted by Crippen LogP contribution is -2.45. The van der Waals surface area contributed by atoms with Crippen LogP contribution in [0, 0.1) is 0 Å². The topological polar surface area (TPSA) is 85.0 Å². The van der Waals surface area contributed by atoms with Crippen molar-refractivity contribution in [3.05, 3.63) is 24.2 Å². The number of nitrogens with one attached hydrogen (secondary N) is 1. The number of rotatable bonds is 5. The van der Waals surface area contributed by atoms with Crippen molar-refractivity contribution in [3.8, 4) is 11.3 Å². The summed E-state index contributed by atoms with van der Waals surface area (Å²) in [5.74, 6) is 1.65. The molecule has 2 N–H and O–H groups in total. The van der Waals surface area contributed by atoms with Gasteiger partial charge >= 0.3 is 0 Å². The van der Waals surface area contributed by atoms with Crippen LogP contribution >= 0.6 is 11.8 Å². The molecular formula is C16H23N5O2S. The molecule has 8 heteroatoms. The van der Waals surface area contributed by atoms with E-state index in [1.165, 1.54) is 0 Å². The van der Waals surface area contributed by atoms with Crippen LogP contribution in [0.4, 0.5) is 0 Å². The minimum atomic E-state index is -0.795. The fourth-order valence-corrected chi connectivity index (χ4v) is 4.05. The number of aromatic nitrogens is 4. The lowest BCUT2D eigenvalue weighted by Gasteiger charge is -2.31. The van der Waals surface area contributed by atoms with Gasteiger partial charge in [0.25, 0.3) is 5.91 Å². The molecule has 0 spiro atoms. The average molecular weight is 349 g/mol. The van der Waals surface area contributed by atoms with Gasteiger partial charge in [-0.25, -0.2) is 0 Å². The molecule has 1 amide bonds. The van der Waals surface area contributed by atoms with Gasteiger partial charge in [0.15, 0.2) is 0 Å². The van der Waals surface area contributed by atoms with Crippen LogP contribution in [-0.4, -0.2) is 54.2 Å². The molecular weight excluding hydrogens is 326 g/mol. The first-order chi connectivity index (χ1) is 11.5. The van der Waals surface area contributed by atoms with Crippen LogP contribution in [0.5, 0.6) is 0 Å². The summed E-state index contributed by atoms with van der Waals surface area (Å²) < 4.78 is 3.42. The van der Waals surface area contributed by atoms with Crippen molar-refractivity contribution in [1.82, 2.24) is 24.9 Å². The Labute approximate surface area is 145 Å². The van der Waals surface area contributed by atoms with Crippen LogP contribution in [0.15, 0.2) is 18.6 Å². The van der Waals surface area contributed by atoms with Gasteiger partial charge in [0.05, 0.1) is 17.4 Å². The Kier molecular flexibility index (Phi) is 4.96. The van der Waals surface area contributed by atoms with E-state index in [2.05, 4.69) is 15.5 Å². The van der Waals surface area contributed by atoms with Crippen LogP contribution in [0.25, 0.3) is 11.3 Å². The fourth-order valence-electron chi connectivity index (χ4n) is 2.79. The molecule has 1 saturated heterocycles. The number of amides is 1. The van der Waals surface area contributed by atoms with Crippen molar-refractivity contribution in [2.24, 2.45) is 7.05 Å². The number of hydrogen-bond donors (Lipinski definition) is 2. The molecule has 2 aromatic rings. The van der Waals surface area contributed by atoms with E-state index in [-0.39, 0.29) is 12.5 Å². The van der Waals surface area contributed by atoms with E-state index in [9.17, 15) is 9.90 Å². The highest BCUT2D eigenvalue weighted by Crippen LogP contribution is 2.27. The summed E-state index contributed by atoms with van der Waals surface area (Å²) in [4.78, 5) is 12.6. The molecule has 3 heterocycles. The average Bonchev–Trinajstić information content (AvgIpc) is 3.19. The number of thioether (sulfide) groups is 1. The zero-order valence-corrected chi connectivity index (χ0v) is 14.8. The lowest BCUT2D eigenvalue weighted by atomic mass is 9.97. The Morgan fingerprint density at radius 3 is 2.83 bits per heavy atom. The molecule has 3 rings (SSSR count). The van der Waals surface area contributed by atoms with E-state index >= 15 is 0 Å². The molecule has 0 aliphatic carbocycles. The standard InChI is InChI=1S/C16H23N5O2S/c1-3-21-9-12(8-18-21)14-13(10-20(2)19-14)15(22)17-11-16(23)4-6-24-7-5-16/h8-10,23H,3-7,11H2,1-2H3,(H,17,22). The molecule has 0 unspecified atom stereocenters. The lowest BCUT2D eigenvalue weighted by molar-refractivity contribution is 0.0311. The van der Waals surface area contributed by atoms with Crippen molar-refractivity contribution in [1.29, 1.82) is 0 Å². The molecule has 2 aromatic heterocycles. The molecule has 0 saturated carbocycles. The summed E-state index contributed by atoms with van der Waals surface area (Å²) in [6, 6.07) is 0. The summed E-state index contributed by atoms with van der Waals surface area (Å²) in [6.45, 7) is 3.04. The Balaban J connectivity index is 1.75. The Morgan fingerprint density at radius 1 is 1.42 bits per heavy atom. The van der Waals surface area contributed by atoms with Crippen molar-refractivity contribution >= 4 is 17.7 Å². The number of aryl methyl sites for hydroxylation is 2. The second-order valence-electron chi connectivity index (χ2n) is 6.17. The molecule has 0 atom stereocenters. The van der Waals surface area contributed by atoms with Gasteiger partial charge in [-0.05, 0) is 31.3 Å². The summed E-state index contributed by atoms with van der Waals surface area (Å²) in [5, 5.41) is 22.0. The van der Waals surface area contributed by atoms with Crippen LogP contribution in [0.2, 0.25) is 0 Å². The van der Waals surface area contributed by atoms with Crippen molar-refractivity contribution in [2.75, 3.05) is 18.1 Å². The first kappa shape index (κ1) is 17.0. The minimum Gasteiger partial charge on any atom is -0.388 e. The van der Waals surface area contributed by atoms with Crippen LogP contribution in [0.1, 0.15) is 30.1 Å². The summed E-state index contributed by atoms with van der Waals surface area (Å²) in [7, 11) is 1.79. The zero-order valence-electron chi connectivity index (χ0n) is 14.0. The molecule has 130 valence electrons. The zero-order chi connectivity index (χ0) is 17.2. The molecule has 24 heavy (non-hydrogen) atoms. The normalized spacial score (nSPS) is 17.0. The third kappa shape index (κ3) is 3.64. The minimum absolute atomic E-state index is 0.214. The highest BCUT2D eigenvalue weighted by Gasteiger charge is 2.30. The van der Waals surface area contributed by atoms with E-state index in [1.54, 1.807) is 28.8 Å².